The molecule has 2 unspecified atom stereocenters. The van der Waals surface area contributed by atoms with Gasteiger partial charge in [-0.05, 0) is 31.4 Å². The van der Waals surface area contributed by atoms with E-state index in [0.717, 1.165) is 30.0 Å². The van der Waals surface area contributed by atoms with Gasteiger partial charge < -0.3 is 10.5 Å². The third-order valence-electron chi connectivity index (χ3n) is 4.04. The summed E-state index contributed by atoms with van der Waals surface area (Å²) in [5, 5.41) is 0.785. The average Bonchev–Trinajstić information content (AvgIpc) is 2.47. The molecule has 0 aliphatic heterocycles. The van der Waals surface area contributed by atoms with Gasteiger partial charge in [0.2, 0.25) is 0 Å². The van der Waals surface area contributed by atoms with Crippen molar-refractivity contribution in [3.8, 4) is 0 Å². The Bertz CT molecular complexity index is 408. The number of benzene rings is 1. The summed E-state index contributed by atoms with van der Waals surface area (Å²) in [6, 6.07) is 8.60. The lowest BCUT2D eigenvalue weighted by molar-refractivity contribution is 0.0703. The van der Waals surface area contributed by atoms with Crippen LogP contribution in [0.2, 0.25) is 5.02 Å². The van der Waals surface area contributed by atoms with Crippen LogP contribution in [-0.2, 0) is 4.74 Å². The molecule has 0 aromatic heterocycles. The number of hydrogen-bond donors (Lipinski definition) is 1. The van der Waals surface area contributed by atoms with Crippen LogP contribution in [0, 0.1) is 0 Å². The third-order valence-corrected chi connectivity index (χ3v) is 4.39. The van der Waals surface area contributed by atoms with Crippen molar-refractivity contribution in [3.05, 3.63) is 34.9 Å². The first kappa shape index (κ1) is 18.4. The molecule has 0 spiro atoms. The predicted octanol–water partition coefficient (Wildman–Crippen LogP) is 3.87. The molecular weight excluding hydrogens is 284 g/mol. The molecule has 0 bridgehead atoms. The Kier molecular flexibility index (Phi) is 8.27. The number of ether oxygens (including phenoxy) is 1. The first-order chi connectivity index (χ1) is 10.1. The van der Waals surface area contributed by atoms with Gasteiger partial charge in [0.25, 0.3) is 0 Å². The molecule has 0 saturated heterocycles. The first-order valence-corrected chi connectivity index (χ1v) is 8.19. The minimum atomic E-state index is 0.00218. The summed E-state index contributed by atoms with van der Waals surface area (Å²) < 4.78 is 5.29. The molecule has 2 N–H and O–H groups in total. The molecule has 0 aliphatic rings. The smallest absolute Gasteiger partial charge is 0.0590 e. The lowest BCUT2D eigenvalue weighted by atomic mass is 9.96. The van der Waals surface area contributed by atoms with Gasteiger partial charge in [-0.1, -0.05) is 43.6 Å². The Morgan fingerprint density at radius 2 is 1.86 bits per heavy atom. The second-order valence-electron chi connectivity index (χ2n) is 5.53. The summed E-state index contributed by atoms with van der Waals surface area (Å²) in [5.41, 5.74) is 7.42. The van der Waals surface area contributed by atoms with E-state index in [1.54, 1.807) is 7.11 Å². The lowest BCUT2D eigenvalue weighted by Crippen LogP contribution is -2.46. The number of halogens is 1. The predicted molar refractivity (Wildman–Crippen MR) is 90.8 cm³/mol. The fourth-order valence-corrected chi connectivity index (χ4v) is 3.23. The van der Waals surface area contributed by atoms with Crippen molar-refractivity contribution in [2.45, 2.75) is 51.7 Å². The van der Waals surface area contributed by atoms with Crippen molar-refractivity contribution in [1.82, 2.24) is 4.90 Å². The molecule has 1 aromatic rings. The van der Waals surface area contributed by atoms with E-state index in [9.17, 15) is 0 Å². The monoisotopic (exact) mass is 312 g/mol. The van der Waals surface area contributed by atoms with E-state index < -0.39 is 0 Å². The molecule has 1 rings (SSSR count). The molecule has 0 aliphatic carbocycles. The van der Waals surface area contributed by atoms with Crippen LogP contribution >= 0.6 is 11.6 Å². The van der Waals surface area contributed by atoms with Crippen LogP contribution in [0.4, 0.5) is 0 Å². The van der Waals surface area contributed by atoms with Gasteiger partial charge in [0.05, 0.1) is 12.6 Å². The van der Waals surface area contributed by atoms with Crippen LogP contribution in [-0.4, -0.2) is 37.2 Å². The van der Waals surface area contributed by atoms with Gasteiger partial charge in [-0.15, -0.1) is 0 Å². The highest BCUT2D eigenvalue weighted by atomic mass is 35.5. The van der Waals surface area contributed by atoms with E-state index in [-0.39, 0.29) is 12.1 Å². The maximum Gasteiger partial charge on any atom is 0.0590 e. The van der Waals surface area contributed by atoms with Crippen molar-refractivity contribution in [1.29, 1.82) is 0 Å². The molecule has 4 heteroatoms. The van der Waals surface area contributed by atoms with Crippen LogP contribution in [0.1, 0.15) is 45.2 Å². The molecule has 0 heterocycles. The zero-order valence-electron chi connectivity index (χ0n) is 13.7. The Hall–Kier alpha value is -0.610. The highest BCUT2D eigenvalue weighted by Gasteiger charge is 2.29. The second-order valence-corrected chi connectivity index (χ2v) is 5.93. The Morgan fingerprint density at radius 1 is 1.24 bits per heavy atom. The normalized spacial score (nSPS) is 14.7. The van der Waals surface area contributed by atoms with Crippen molar-refractivity contribution >= 4 is 11.6 Å². The summed E-state index contributed by atoms with van der Waals surface area (Å²) in [6.45, 7) is 8.05. The topological polar surface area (TPSA) is 38.5 Å². The van der Waals surface area contributed by atoms with Crippen LogP contribution in [0.5, 0.6) is 0 Å². The molecule has 0 fully saturated rings. The van der Waals surface area contributed by atoms with Gasteiger partial charge in [-0.3, -0.25) is 4.90 Å². The summed E-state index contributed by atoms with van der Waals surface area (Å²) in [6.07, 6.45) is 2.18. The number of hydrogen-bond acceptors (Lipinski definition) is 3. The van der Waals surface area contributed by atoms with Crippen LogP contribution in [0.25, 0.3) is 0 Å². The maximum atomic E-state index is 6.42. The summed E-state index contributed by atoms with van der Waals surface area (Å²) in [5.74, 6) is 0. The SMILES string of the molecule is CCC(CC)N(CCOC)C(c1ccccc1Cl)C(C)N. The minimum absolute atomic E-state index is 0.00218. The molecular formula is C17H29ClN2O. The molecule has 3 nitrogen and oxygen atoms in total. The fourth-order valence-electron chi connectivity index (χ4n) is 2.98. The average molecular weight is 313 g/mol. The quantitative estimate of drug-likeness (QED) is 0.752. The standard InChI is InChI=1S/C17H29ClN2O/c1-5-14(6-2)20(11-12-21-4)17(13(3)19)15-9-7-8-10-16(15)18/h7-10,13-14,17H,5-6,11-12,19H2,1-4H3. The number of nitrogens with two attached hydrogens (primary N) is 1. The molecule has 0 saturated carbocycles. The van der Waals surface area contributed by atoms with E-state index >= 15 is 0 Å². The largest absolute Gasteiger partial charge is 0.383 e. The Labute approximate surface area is 134 Å². The molecule has 21 heavy (non-hydrogen) atoms. The maximum absolute atomic E-state index is 6.42. The van der Waals surface area contributed by atoms with E-state index in [0.29, 0.717) is 12.6 Å². The molecule has 120 valence electrons. The lowest BCUT2D eigenvalue weighted by Gasteiger charge is -2.40. The third kappa shape index (κ3) is 4.96. The zero-order valence-corrected chi connectivity index (χ0v) is 14.4. The van der Waals surface area contributed by atoms with Gasteiger partial charge in [0, 0.05) is 30.8 Å². The van der Waals surface area contributed by atoms with E-state index in [1.165, 1.54) is 0 Å². The van der Waals surface area contributed by atoms with Gasteiger partial charge in [0.15, 0.2) is 0 Å². The van der Waals surface area contributed by atoms with Gasteiger partial charge in [0.1, 0.15) is 0 Å². The number of methoxy groups -OCH3 is 1. The molecule has 0 radical (unpaired) electrons. The Balaban J connectivity index is 3.16. The molecule has 0 amide bonds. The van der Waals surface area contributed by atoms with Crippen LogP contribution in [0.3, 0.4) is 0 Å². The summed E-state index contributed by atoms with van der Waals surface area (Å²) in [7, 11) is 1.74. The minimum Gasteiger partial charge on any atom is -0.383 e. The highest BCUT2D eigenvalue weighted by molar-refractivity contribution is 6.31. The Morgan fingerprint density at radius 3 is 2.33 bits per heavy atom. The van der Waals surface area contributed by atoms with Crippen LogP contribution in [0.15, 0.2) is 24.3 Å². The fraction of sp³-hybridized carbons (Fsp3) is 0.647. The van der Waals surface area contributed by atoms with Crippen molar-refractivity contribution in [2.24, 2.45) is 5.73 Å². The number of nitrogens with zero attached hydrogens (tertiary/aromatic N) is 1. The summed E-state index contributed by atoms with van der Waals surface area (Å²) in [4.78, 5) is 2.45. The first-order valence-electron chi connectivity index (χ1n) is 7.81. The highest BCUT2D eigenvalue weighted by Crippen LogP contribution is 2.32. The zero-order chi connectivity index (χ0) is 15.8. The van der Waals surface area contributed by atoms with Crippen molar-refractivity contribution < 1.29 is 4.74 Å². The van der Waals surface area contributed by atoms with Crippen molar-refractivity contribution in [2.75, 3.05) is 20.3 Å². The van der Waals surface area contributed by atoms with E-state index in [2.05, 4.69) is 31.7 Å². The summed E-state index contributed by atoms with van der Waals surface area (Å²) >= 11 is 6.42. The van der Waals surface area contributed by atoms with E-state index in [4.69, 9.17) is 22.1 Å². The van der Waals surface area contributed by atoms with E-state index in [1.807, 2.05) is 18.2 Å². The van der Waals surface area contributed by atoms with Gasteiger partial charge in [-0.25, -0.2) is 0 Å². The number of rotatable bonds is 9. The van der Waals surface area contributed by atoms with Gasteiger partial charge >= 0.3 is 0 Å². The van der Waals surface area contributed by atoms with Crippen molar-refractivity contribution in [3.63, 3.8) is 0 Å². The van der Waals surface area contributed by atoms with Crippen LogP contribution < -0.4 is 5.73 Å². The molecule has 2 atom stereocenters. The van der Waals surface area contributed by atoms with Gasteiger partial charge in [-0.2, -0.15) is 0 Å². The molecule has 1 aromatic carbocycles. The second kappa shape index (κ2) is 9.42.